The van der Waals surface area contributed by atoms with Gasteiger partial charge >= 0.3 is 0 Å². The maximum absolute atomic E-state index is 5.80. The van der Waals surface area contributed by atoms with E-state index in [1.807, 2.05) is 24.3 Å². The highest BCUT2D eigenvalue weighted by Gasteiger charge is 2.07. The van der Waals surface area contributed by atoms with Crippen molar-refractivity contribution in [3.8, 4) is 10.6 Å². The van der Waals surface area contributed by atoms with Crippen molar-refractivity contribution in [2.24, 2.45) is 0 Å². The first-order valence-electron chi connectivity index (χ1n) is 5.46. The molecule has 0 spiro atoms. The highest BCUT2D eigenvalue weighted by atomic mass is 32.1. The van der Waals surface area contributed by atoms with Gasteiger partial charge in [-0.05, 0) is 30.7 Å². The minimum Gasteiger partial charge on any atom is -0.399 e. The van der Waals surface area contributed by atoms with E-state index in [1.54, 1.807) is 11.3 Å². The normalized spacial score (nSPS) is 10.9. The minimum absolute atomic E-state index is 0.776. The lowest BCUT2D eigenvalue weighted by molar-refractivity contribution is 1.42. The molecule has 1 aromatic heterocycles. The highest BCUT2D eigenvalue weighted by molar-refractivity contribution is 7.21. The third kappa shape index (κ3) is 1.78. The summed E-state index contributed by atoms with van der Waals surface area (Å²) >= 11 is 1.71. The molecule has 0 unspecified atom stereocenters. The molecule has 0 amide bonds. The van der Waals surface area contributed by atoms with Crippen LogP contribution in [0.5, 0.6) is 0 Å². The molecule has 84 valence electrons. The van der Waals surface area contributed by atoms with E-state index in [-0.39, 0.29) is 0 Å². The number of nitrogens with zero attached hydrogens (tertiary/aromatic N) is 1. The van der Waals surface area contributed by atoms with Gasteiger partial charge in [0.2, 0.25) is 0 Å². The fourth-order valence-electron chi connectivity index (χ4n) is 1.88. The van der Waals surface area contributed by atoms with Crippen LogP contribution in [-0.4, -0.2) is 4.98 Å². The third-order valence-corrected chi connectivity index (χ3v) is 3.82. The average Bonchev–Trinajstić information content (AvgIpc) is 2.74. The summed E-state index contributed by atoms with van der Waals surface area (Å²) in [6, 6.07) is 14.1. The lowest BCUT2D eigenvalue weighted by Gasteiger charge is -1.96. The maximum Gasteiger partial charge on any atom is 0.124 e. The molecule has 0 bridgehead atoms. The summed E-state index contributed by atoms with van der Waals surface area (Å²) in [4.78, 5) is 4.69. The lowest BCUT2D eigenvalue weighted by atomic mass is 10.2. The van der Waals surface area contributed by atoms with Crippen molar-refractivity contribution < 1.29 is 0 Å². The van der Waals surface area contributed by atoms with Gasteiger partial charge in [0.15, 0.2) is 0 Å². The van der Waals surface area contributed by atoms with Crippen molar-refractivity contribution in [3.63, 3.8) is 0 Å². The van der Waals surface area contributed by atoms with Gasteiger partial charge in [-0.2, -0.15) is 0 Å². The second kappa shape index (κ2) is 3.86. The summed E-state index contributed by atoms with van der Waals surface area (Å²) in [6.07, 6.45) is 0. The Morgan fingerprint density at radius 2 is 1.94 bits per heavy atom. The first-order chi connectivity index (χ1) is 8.24. The number of rotatable bonds is 1. The van der Waals surface area contributed by atoms with Crippen LogP contribution in [-0.2, 0) is 0 Å². The van der Waals surface area contributed by atoms with Crippen molar-refractivity contribution in [1.82, 2.24) is 4.98 Å². The van der Waals surface area contributed by atoms with E-state index < -0.39 is 0 Å². The molecule has 0 fully saturated rings. The number of aromatic nitrogens is 1. The number of nitrogens with two attached hydrogens (primary N) is 1. The number of para-hydroxylation sites is 1. The summed E-state index contributed by atoms with van der Waals surface area (Å²) < 4.78 is 1.22. The Morgan fingerprint density at radius 1 is 1.12 bits per heavy atom. The topological polar surface area (TPSA) is 38.9 Å². The Morgan fingerprint density at radius 3 is 2.71 bits per heavy atom. The van der Waals surface area contributed by atoms with E-state index in [0.29, 0.717) is 0 Å². The molecule has 0 aliphatic rings. The summed E-state index contributed by atoms with van der Waals surface area (Å²) in [5, 5.41) is 1.03. The number of fused-ring (bicyclic) bond motifs is 1. The van der Waals surface area contributed by atoms with Crippen molar-refractivity contribution in [2.75, 3.05) is 5.73 Å². The highest BCUT2D eigenvalue weighted by Crippen LogP contribution is 2.32. The molecule has 17 heavy (non-hydrogen) atoms. The molecule has 3 heteroatoms. The summed E-state index contributed by atoms with van der Waals surface area (Å²) in [7, 11) is 0. The van der Waals surface area contributed by atoms with Gasteiger partial charge in [-0.25, -0.2) is 4.98 Å². The Bertz CT molecular complexity index is 686. The molecule has 0 atom stereocenters. The first-order valence-corrected chi connectivity index (χ1v) is 6.28. The Balaban J connectivity index is 2.22. The molecule has 3 aromatic rings. The zero-order chi connectivity index (χ0) is 11.8. The average molecular weight is 240 g/mol. The Labute approximate surface area is 104 Å². The van der Waals surface area contributed by atoms with Crippen LogP contribution in [0.4, 0.5) is 5.69 Å². The first kappa shape index (κ1) is 10.3. The van der Waals surface area contributed by atoms with Gasteiger partial charge in [0.25, 0.3) is 0 Å². The van der Waals surface area contributed by atoms with E-state index in [2.05, 4.69) is 30.1 Å². The van der Waals surface area contributed by atoms with Crippen molar-refractivity contribution in [2.45, 2.75) is 6.92 Å². The van der Waals surface area contributed by atoms with E-state index in [9.17, 15) is 0 Å². The number of hydrogen-bond acceptors (Lipinski definition) is 3. The fourth-order valence-corrected chi connectivity index (χ4v) is 2.92. The molecule has 0 aliphatic heterocycles. The van der Waals surface area contributed by atoms with E-state index >= 15 is 0 Å². The van der Waals surface area contributed by atoms with Crippen molar-refractivity contribution in [1.29, 1.82) is 0 Å². The van der Waals surface area contributed by atoms with Gasteiger partial charge < -0.3 is 5.73 Å². The molecule has 3 rings (SSSR count). The Kier molecular flexibility index (Phi) is 2.34. The van der Waals surface area contributed by atoms with Gasteiger partial charge in [-0.15, -0.1) is 11.3 Å². The van der Waals surface area contributed by atoms with Crippen LogP contribution in [0.1, 0.15) is 5.56 Å². The van der Waals surface area contributed by atoms with Crippen LogP contribution in [0.2, 0.25) is 0 Å². The SMILES string of the molecule is Cc1cccc2sc(-c3cccc(N)c3)nc12. The standard InChI is InChI=1S/C14H12N2S/c1-9-4-2-7-12-13(9)16-14(17-12)10-5-3-6-11(15)8-10/h2-8H,15H2,1H3. The fraction of sp³-hybridized carbons (Fsp3) is 0.0714. The van der Waals surface area contributed by atoms with Gasteiger partial charge in [0.1, 0.15) is 5.01 Å². The van der Waals surface area contributed by atoms with Crippen molar-refractivity contribution >= 4 is 27.2 Å². The van der Waals surface area contributed by atoms with Gasteiger partial charge in [0, 0.05) is 11.3 Å². The van der Waals surface area contributed by atoms with Gasteiger partial charge in [-0.1, -0.05) is 24.3 Å². The van der Waals surface area contributed by atoms with E-state index in [0.717, 1.165) is 21.8 Å². The molecule has 0 aliphatic carbocycles. The molecule has 2 N–H and O–H groups in total. The minimum atomic E-state index is 0.776. The number of aryl methyl sites for hydroxylation is 1. The van der Waals surface area contributed by atoms with Crippen LogP contribution in [0.25, 0.3) is 20.8 Å². The Hall–Kier alpha value is -1.87. The van der Waals surface area contributed by atoms with Crippen LogP contribution in [0.3, 0.4) is 0 Å². The van der Waals surface area contributed by atoms with E-state index in [4.69, 9.17) is 5.73 Å². The smallest absolute Gasteiger partial charge is 0.124 e. The largest absolute Gasteiger partial charge is 0.399 e. The van der Waals surface area contributed by atoms with Gasteiger partial charge in [-0.3, -0.25) is 0 Å². The van der Waals surface area contributed by atoms with Crippen LogP contribution >= 0.6 is 11.3 Å². The predicted molar refractivity (Wildman–Crippen MR) is 74.2 cm³/mol. The molecule has 2 aromatic carbocycles. The molecule has 0 saturated heterocycles. The summed E-state index contributed by atoms with van der Waals surface area (Å²) in [6.45, 7) is 2.09. The monoisotopic (exact) mass is 240 g/mol. The number of thiazole rings is 1. The molecule has 0 saturated carbocycles. The second-order valence-corrected chi connectivity index (χ2v) is 5.10. The predicted octanol–water partition coefficient (Wildman–Crippen LogP) is 3.85. The van der Waals surface area contributed by atoms with Gasteiger partial charge in [0.05, 0.1) is 10.2 Å². The molecular weight excluding hydrogens is 228 g/mol. The van der Waals surface area contributed by atoms with Crippen LogP contribution < -0.4 is 5.73 Å². The maximum atomic E-state index is 5.80. The van der Waals surface area contributed by atoms with Crippen molar-refractivity contribution in [3.05, 3.63) is 48.0 Å². The van der Waals surface area contributed by atoms with Crippen LogP contribution in [0, 0.1) is 6.92 Å². The zero-order valence-electron chi connectivity index (χ0n) is 9.47. The number of hydrogen-bond donors (Lipinski definition) is 1. The lowest BCUT2D eigenvalue weighted by Crippen LogP contribution is -1.84. The number of benzene rings is 2. The third-order valence-electron chi connectivity index (χ3n) is 2.75. The molecule has 1 heterocycles. The second-order valence-electron chi connectivity index (χ2n) is 4.07. The number of nitrogen functional groups attached to an aromatic ring is 1. The molecular formula is C14H12N2S. The molecule has 0 radical (unpaired) electrons. The summed E-state index contributed by atoms with van der Waals surface area (Å²) in [5.74, 6) is 0. The summed E-state index contributed by atoms with van der Waals surface area (Å²) in [5.41, 5.74) is 9.97. The van der Waals surface area contributed by atoms with E-state index in [1.165, 1.54) is 10.3 Å². The molecule has 2 nitrogen and oxygen atoms in total. The zero-order valence-corrected chi connectivity index (χ0v) is 10.3. The van der Waals surface area contributed by atoms with Crippen LogP contribution in [0.15, 0.2) is 42.5 Å². The number of anilines is 1. The quantitative estimate of drug-likeness (QED) is 0.656.